The van der Waals surface area contributed by atoms with E-state index in [1.807, 2.05) is 60.7 Å². The molecule has 7 nitrogen and oxygen atoms in total. The highest BCUT2D eigenvalue weighted by atomic mass is 16.5. The first kappa shape index (κ1) is 21.9. The maximum absolute atomic E-state index is 12.6. The first-order valence-corrected chi connectivity index (χ1v) is 9.53. The van der Waals surface area contributed by atoms with Crippen molar-refractivity contribution in [3.63, 3.8) is 0 Å². The molecular weight excluding hydrogens is 372 g/mol. The van der Waals surface area contributed by atoms with Crippen LogP contribution in [0, 0.1) is 0 Å². The fourth-order valence-corrected chi connectivity index (χ4v) is 2.58. The van der Waals surface area contributed by atoms with E-state index in [9.17, 15) is 14.4 Å². The lowest BCUT2D eigenvalue weighted by Crippen LogP contribution is -2.47. The molecule has 2 rings (SSSR count). The van der Waals surface area contributed by atoms with Gasteiger partial charge in [-0.2, -0.15) is 0 Å². The van der Waals surface area contributed by atoms with Crippen molar-refractivity contribution in [1.82, 2.24) is 10.6 Å². The largest absolute Gasteiger partial charge is 0.466 e. The van der Waals surface area contributed by atoms with E-state index in [1.165, 1.54) is 0 Å². The fourth-order valence-electron chi connectivity index (χ4n) is 2.58. The summed E-state index contributed by atoms with van der Waals surface area (Å²) in [6, 6.07) is 17.7. The summed E-state index contributed by atoms with van der Waals surface area (Å²) in [6.45, 7) is 2.37. The lowest BCUT2D eigenvalue weighted by molar-refractivity contribution is -0.143. The Balaban J connectivity index is 1.90. The molecule has 0 saturated carbocycles. The second-order valence-electron chi connectivity index (χ2n) is 6.31. The average Bonchev–Trinajstić information content (AvgIpc) is 2.75. The highest BCUT2D eigenvalue weighted by Crippen LogP contribution is 2.05. The van der Waals surface area contributed by atoms with Crippen molar-refractivity contribution >= 4 is 18.0 Å². The molecular formula is C22H26N2O5. The molecule has 0 aliphatic heterocycles. The predicted octanol–water partition coefficient (Wildman–Crippen LogP) is 2.94. The van der Waals surface area contributed by atoms with E-state index in [4.69, 9.17) is 9.47 Å². The Hall–Kier alpha value is -3.35. The predicted molar refractivity (Wildman–Crippen MR) is 108 cm³/mol. The fraction of sp³-hybridized carbons (Fsp3) is 0.318. The van der Waals surface area contributed by atoms with E-state index in [-0.39, 0.29) is 26.1 Å². The first-order valence-electron chi connectivity index (χ1n) is 9.53. The average molecular weight is 398 g/mol. The van der Waals surface area contributed by atoms with Gasteiger partial charge in [-0.15, -0.1) is 0 Å². The SMILES string of the molecule is CCOC(=O)CCC(NC(=O)OCc1ccccc1)C(=O)NCc1ccccc1. The Morgan fingerprint density at radius 3 is 2.14 bits per heavy atom. The third kappa shape index (κ3) is 8.47. The van der Waals surface area contributed by atoms with Crippen LogP contribution in [-0.4, -0.2) is 30.6 Å². The summed E-state index contributed by atoms with van der Waals surface area (Å²) in [4.78, 5) is 36.4. The van der Waals surface area contributed by atoms with E-state index in [0.29, 0.717) is 6.54 Å². The number of carbonyl (C=O) groups is 3. The van der Waals surface area contributed by atoms with Crippen molar-refractivity contribution in [3.8, 4) is 0 Å². The molecule has 2 aromatic rings. The second kappa shape index (κ2) is 12.2. The van der Waals surface area contributed by atoms with E-state index in [0.717, 1.165) is 11.1 Å². The molecule has 2 aromatic carbocycles. The van der Waals surface area contributed by atoms with Gasteiger partial charge in [0.1, 0.15) is 12.6 Å². The third-order valence-corrected chi connectivity index (χ3v) is 4.07. The number of amides is 2. The maximum Gasteiger partial charge on any atom is 0.408 e. The van der Waals surface area contributed by atoms with Crippen molar-refractivity contribution in [2.24, 2.45) is 0 Å². The Bertz CT molecular complexity index is 780. The van der Waals surface area contributed by atoms with Crippen molar-refractivity contribution in [1.29, 1.82) is 0 Å². The molecule has 0 aliphatic carbocycles. The summed E-state index contributed by atoms with van der Waals surface area (Å²) in [7, 11) is 0. The number of hydrogen-bond acceptors (Lipinski definition) is 5. The molecule has 0 spiro atoms. The summed E-state index contributed by atoms with van der Waals surface area (Å²) in [6.07, 6.45) is -0.603. The van der Waals surface area contributed by atoms with Crippen LogP contribution in [0.15, 0.2) is 60.7 Å². The lowest BCUT2D eigenvalue weighted by Gasteiger charge is -2.18. The van der Waals surface area contributed by atoms with E-state index in [1.54, 1.807) is 6.92 Å². The highest BCUT2D eigenvalue weighted by Gasteiger charge is 2.22. The van der Waals surface area contributed by atoms with Gasteiger partial charge >= 0.3 is 12.1 Å². The highest BCUT2D eigenvalue weighted by molar-refractivity contribution is 5.86. The number of benzene rings is 2. The minimum Gasteiger partial charge on any atom is -0.466 e. The standard InChI is InChI=1S/C22H26N2O5/c1-2-28-20(25)14-13-19(21(26)23-15-17-9-5-3-6-10-17)24-22(27)29-16-18-11-7-4-8-12-18/h3-12,19H,2,13-16H2,1H3,(H,23,26)(H,24,27). The monoisotopic (exact) mass is 398 g/mol. The van der Waals surface area contributed by atoms with Gasteiger partial charge in [0.2, 0.25) is 5.91 Å². The van der Waals surface area contributed by atoms with Crippen LogP contribution in [-0.2, 0) is 32.2 Å². The van der Waals surface area contributed by atoms with Crippen molar-refractivity contribution in [2.75, 3.05) is 6.61 Å². The molecule has 2 N–H and O–H groups in total. The topological polar surface area (TPSA) is 93.7 Å². The van der Waals surface area contributed by atoms with Gasteiger partial charge in [-0.25, -0.2) is 4.79 Å². The third-order valence-electron chi connectivity index (χ3n) is 4.07. The van der Waals surface area contributed by atoms with Crippen LogP contribution < -0.4 is 10.6 Å². The van der Waals surface area contributed by atoms with Crippen LogP contribution in [0.25, 0.3) is 0 Å². The van der Waals surface area contributed by atoms with Crippen molar-refractivity contribution in [2.45, 2.75) is 39.0 Å². The molecule has 0 radical (unpaired) electrons. The van der Waals surface area contributed by atoms with Crippen LogP contribution in [0.4, 0.5) is 4.79 Å². The van der Waals surface area contributed by atoms with Gasteiger partial charge in [0.25, 0.3) is 0 Å². The van der Waals surface area contributed by atoms with Gasteiger partial charge in [0.15, 0.2) is 0 Å². The summed E-state index contributed by atoms with van der Waals surface area (Å²) in [5.41, 5.74) is 1.76. The number of nitrogens with one attached hydrogen (secondary N) is 2. The van der Waals surface area contributed by atoms with Gasteiger partial charge in [0.05, 0.1) is 6.61 Å². The summed E-state index contributed by atoms with van der Waals surface area (Å²) >= 11 is 0. The van der Waals surface area contributed by atoms with Crippen LogP contribution in [0.3, 0.4) is 0 Å². The number of alkyl carbamates (subject to hydrolysis) is 1. The Morgan fingerprint density at radius 2 is 1.52 bits per heavy atom. The van der Waals surface area contributed by atoms with Crippen LogP contribution >= 0.6 is 0 Å². The molecule has 29 heavy (non-hydrogen) atoms. The smallest absolute Gasteiger partial charge is 0.408 e. The lowest BCUT2D eigenvalue weighted by atomic mass is 10.1. The molecule has 1 atom stereocenters. The van der Waals surface area contributed by atoms with Gasteiger partial charge < -0.3 is 20.1 Å². The zero-order chi connectivity index (χ0) is 20.9. The molecule has 1 unspecified atom stereocenters. The van der Waals surface area contributed by atoms with Crippen molar-refractivity contribution < 1.29 is 23.9 Å². The molecule has 2 amide bonds. The van der Waals surface area contributed by atoms with Gasteiger partial charge in [0, 0.05) is 13.0 Å². The molecule has 0 fully saturated rings. The summed E-state index contributed by atoms with van der Waals surface area (Å²) in [5.74, 6) is -0.817. The summed E-state index contributed by atoms with van der Waals surface area (Å²) in [5, 5.41) is 5.31. The molecule has 0 heterocycles. The zero-order valence-corrected chi connectivity index (χ0v) is 16.4. The molecule has 7 heteroatoms. The molecule has 0 bridgehead atoms. The number of hydrogen-bond donors (Lipinski definition) is 2. The molecule has 154 valence electrons. The Kier molecular flexibility index (Phi) is 9.21. The molecule has 0 aromatic heterocycles. The molecule has 0 saturated heterocycles. The second-order valence-corrected chi connectivity index (χ2v) is 6.31. The van der Waals surface area contributed by atoms with Crippen LogP contribution in [0.1, 0.15) is 30.9 Å². The number of carbonyl (C=O) groups excluding carboxylic acids is 3. The van der Waals surface area contributed by atoms with Crippen molar-refractivity contribution in [3.05, 3.63) is 71.8 Å². The van der Waals surface area contributed by atoms with Crippen LogP contribution in [0.2, 0.25) is 0 Å². The summed E-state index contributed by atoms with van der Waals surface area (Å²) < 4.78 is 10.1. The Labute approximate surface area is 170 Å². The number of ether oxygens (including phenoxy) is 2. The minimum atomic E-state index is -0.911. The quantitative estimate of drug-likeness (QED) is 0.600. The van der Waals surface area contributed by atoms with E-state index >= 15 is 0 Å². The number of esters is 1. The normalized spacial score (nSPS) is 11.2. The van der Waals surface area contributed by atoms with Gasteiger partial charge in [-0.3, -0.25) is 9.59 Å². The minimum absolute atomic E-state index is 0.0101. The Morgan fingerprint density at radius 1 is 0.897 bits per heavy atom. The van der Waals surface area contributed by atoms with E-state index < -0.39 is 24.0 Å². The van der Waals surface area contributed by atoms with Gasteiger partial charge in [-0.05, 0) is 24.5 Å². The van der Waals surface area contributed by atoms with Crippen LogP contribution in [0.5, 0.6) is 0 Å². The van der Waals surface area contributed by atoms with Gasteiger partial charge in [-0.1, -0.05) is 60.7 Å². The zero-order valence-electron chi connectivity index (χ0n) is 16.4. The number of rotatable bonds is 10. The maximum atomic E-state index is 12.6. The van der Waals surface area contributed by atoms with E-state index in [2.05, 4.69) is 10.6 Å². The first-order chi connectivity index (χ1) is 14.1. The molecule has 0 aliphatic rings.